The minimum Gasteiger partial charge on any atom is -0.456 e. The van der Waals surface area contributed by atoms with Crippen LogP contribution in [0.2, 0.25) is 0 Å². The number of ether oxygens (including phenoxy) is 1. The molecule has 4 heteroatoms. The normalized spacial score (nSPS) is 23.0. The summed E-state index contributed by atoms with van der Waals surface area (Å²) in [5.74, 6) is 6.85. The lowest BCUT2D eigenvalue weighted by Gasteiger charge is -2.44. The Morgan fingerprint density at radius 1 is 0.453 bits per heavy atom. The summed E-state index contributed by atoms with van der Waals surface area (Å²) in [5.41, 5.74) is 16.5. The maximum atomic E-state index is 7.03. The highest BCUT2D eigenvalue weighted by molar-refractivity contribution is 5.90. The fourth-order valence-electron chi connectivity index (χ4n) is 13.8. The van der Waals surface area contributed by atoms with E-state index < -0.39 is 5.41 Å². The highest BCUT2D eigenvalue weighted by Gasteiger charge is 2.52. The van der Waals surface area contributed by atoms with Gasteiger partial charge in [0.05, 0.1) is 5.41 Å². The van der Waals surface area contributed by atoms with E-state index in [0.29, 0.717) is 0 Å². The van der Waals surface area contributed by atoms with Crippen LogP contribution in [-0.2, 0) is 16.2 Å². The molecule has 15 rings (SSSR count). The van der Waals surface area contributed by atoms with Crippen molar-refractivity contribution in [1.29, 1.82) is 0 Å². The molecule has 7 aromatic carbocycles. The summed E-state index contributed by atoms with van der Waals surface area (Å²) in [6, 6.07) is 57.9. The molecule has 310 valence electrons. The quantitative estimate of drug-likeness (QED) is 0.177. The van der Waals surface area contributed by atoms with E-state index in [-0.39, 0.29) is 10.8 Å². The van der Waals surface area contributed by atoms with E-state index in [1.54, 1.807) is 0 Å². The number of benzene rings is 7. The molecule has 0 N–H and O–H groups in total. The molecule has 4 fully saturated rings. The third-order valence-electron chi connectivity index (χ3n) is 16.7. The molecule has 0 saturated heterocycles. The van der Waals surface area contributed by atoms with Crippen molar-refractivity contribution in [3.05, 3.63) is 197 Å². The molecule has 7 aliphatic rings. The van der Waals surface area contributed by atoms with E-state index in [0.717, 1.165) is 69.0 Å². The predicted octanol–water partition coefficient (Wildman–Crippen LogP) is 14.5. The van der Waals surface area contributed by atoms with E-state index in [1.165, 1.54) is 101 Å². The summed E-state index contributed by atoms with van der Waals surface area (Å²) in [4.78, 5) is 16.4. The maximum Gasteiger partial charge on any atom is 0.163 e. The number of nitrogens with zero attached hydrogens (tertiary/aromatic N) is 3. The first-order valence-corrected chi connectivity index (χ1v) is 23.6. The van der Waals surface area contributed by atoms with Gasteiger partial charge in [-0.25, -0.2) is 15.0 Å². The molecule has 0 radical (unpaired) electrons. The summed E-state index contributed by atoms with van der Waals surface area (Å²) >= 11 is 0. The van der Waals surface area contributed by atoms with Gasteiger partial charge in [-0.05, 0) is 125 Å². The molecule has 1 unspecified atom stereocenters. The van der Waals surface area contributed by atoms with Crippen LogP contribution < -0.4 is 4.74 Å². The Kier molecular flexibility index (Phi) is 7.59. The smallest absolute Gasteiger partial charge is 0.163 e. The van der Waals surface area contributed by atoms with E-state index in [4.69, 9.17) is 19.7 Å². The first-order chi connectivity index (χ1) is 31.4. The molecule has 4 nitrogen and oxygen atoms in total. The minimum absolute atomic E-state index is 0.00348. The Balaban J connectivity index is 0.902. The van der Waals surface area contributed by atoms with Crippen LogP contribution in [0.4, 0.5) is 0 Å². The van der Waals surface area contributed by atoms with Crippen LogP contribution >= 0.6 is 0 Å². The Bertz CT molecular complexity index is 3200. The topological polar surface area (TPSA) is 47.9 Å². The average molecular weight is 828 g/mol. The Morgan fingerprint density at radius 2 is 1.00 bits per heavy atom. The van der Waals surface area contributed by atoms with Crippen LogP contribution in [0.15, 0.2) is 158 Å². The predicted molar refractivity (Wildman–Crippen MR) is 256 cm³/mol. The SMILES string of the molecule is CC1(C)c2ccccc2-c2ccc(-c3nc(-c4ccc(-c5cccc6c5Oc5ccccc5C65c6ccccc6-c6ccccc65)cc4)nc(C45CC[C@@H](CC6CC(C6)C4)C5)n3)cc21. The summed E-state index contributed by atoms with van der Waals surface area (Å²) in [5, 5.41) is 0. The van der Waals surface area contributed by atoms with E-state index in [1.807, 2.05) is 0 Å². The van der Waals surface area contributed by atoms with Crippen LogP contribution in [-0.4, -0.2) is 15.0 Å². The summed E-state index contributed by atoms with van der Waals surface area (Å²) < 4.78 is 7.03. The number of rotatable bonds is 4. The van der Waals surface area contributed by atoms with Gasteiger partial charge in [-0.15, -0.1) is 0 Å². The van der Waals surface area contributed by atoms with Crippen LogP contribution in [0.5, 0.6) is 11.5 Å². The van der Waals surface area contributed by atoms with Crippen molar-refractivity contribution in [2.45, 2.75) is 75.0 Å². The van der Waals surface area contributed by atoms with Gasteiger partial charge >= 0.3 is 0 Å². The molecule has 64 heavy (non-hydrogen) atoms. The van der Waals surface area contributed by atoms with Gasteiger partial charge in [0, 0.05) is 38.6 Å². The van der Waals surface area contributed by atoms with Crippen molar-refractivity contribution in [2.24, 2.45) is 17.8 Å². The monoisotopic (exact) mass is 827 g/mol. The molecule has 6 aliphatic carbocycles. The Hall–Kier alpha value is -6.65. The van der Waals surface area contributed by atoms with Crippen LogP contribution in [0, 0.1) is 17.8 Å². The van der Waals surface area contributed by atoms with Gasteiger partial charge in [-0.2, -0.15) is 0 Å². The molecule has 4 bridgehead atoms. The Labute approximate surface area is 375 Å². The first kappa shape index (κ1) is 36.8. The third kappa shape index (κ3) is 5.03. The standard InChI is InChI=1S/C60H49N3O/c1-58(2)47-16-6-3-12-43(47)46-27-26-41(33-52(46)58)56-61-55(62-57(63-56)59-29-28-36(34-59)30-37-31-38(32-37)35-59)40-24-22-39(23-25-40)42-15-11-20-51-54(42)64-53-21-10-9-19-50(53)60(51)48-17-7-4-13-44(48)45-14-5-8-18-49(45)60/h3-27,33,36-38H,28-32,34-35H2,1-2H3/t36-,37?,38?,59?/m0/s1. The van der Waals surface area contributed by atoms with Gasteiger partial charge in [0.2, 0.25) is 0 Å². The fourth-order valence-corrected chi connectivity index (χ4v) is 13.8. The van der Waals surface area contributed by atoms with Crippen molar-refractivity contribution in [3.8, 4) is 67.7 Å². The zero-order valence-corrected chi connectivity index (χ0v) is 36.4. The number of aromatic nitrogens is 3. The van der Waals surface area contributed by atoms with E-state index in [2.05, 4.69) is 172 Å². The lowest BCUT2D eigenvalue weighted by atomic mass is 9.61. The third-order valence-corrected chi connectivity index (χ3v) is 16.7. The number of hydrogen-bond acceptors (Lipinski definition) is 4. The van der Waals surface area contributed by atoms with E-state index >= 15 is 0 Å². The molecule has 1 aliphatic heterocycles. The van der Waals surface area contributed by atoms with Gasteiger partial charge in [-0.1, -0.05) is 159 Å². The Morgan fingerprint density at radius 3 is 1.75 bits per heavy atom. The molecule has 2 atom stereocenters. The maximum absolute atomic E-state index is 7.03. The van der Waals surface area contributed by atoms with E-state index in [9.17, 15) is 0 Å². The molecule has 8 aromatic rings. The summed E-state index contributed by atoms with van der Waals surface area (Å²) in [7, 11) is 0. The first-order valence-electron chi connectivity index (χ1n) is 23.6. The van der Waals surface area contributed by atoms with Crippen molar-refractivity contribution in [1.82, 2.24) is 15.0 Å². The zero-order valence-electron chi connectivity index (χ0n) is 36.4. The van der Waals surface area contributed by atoms with Gasteiger partial charge in [0.1, 0.15) is 17.3 Å². The lowest BCUT2D eigenvalue weighted by Crippen LogP contribution is -2.37. The fraction of sp³-hybridized carbons (Fsp3) is 0.250. The van der Waals surface area contributed by atoms with Gasteiger partial charge in [-0.3, -0.25) is 0 Å². The van der Waals surface area contributed by atoms with Crippen LogP contribution in [0.1, 0.15) is 98.0 Å². The van der Waals surface area contributed by atoms with Crippen LogP contribution in [0.3, 0.4) is 0 Å². The molecule has 1 spiro atoms. The second-order valence-corrected chi connectivity index (χ2v) is 20.5. The zero-order chi connectivity index (χ0) is 42.4. The van der Waals surface area contributed by atoms with Crippen molar-refractivity contribution in [2.75, 3.05) is 0 Å². The number of hydrogen-bond donors (Lipinski definition) is 0. The largest absolute Gasteiger partial charge is 0.456 e. The molecule has 2 heterocycles. The molecular weight excluding hydrogens is 779 g/mol. The lowest BCUT2D eigenvalue weighted by molar-refractivity contribution is 0.0984. The van der Waals surface area contributed by atoms with Crippen molar-refractivity contribution in [3.63, 3.8) is 0 Å². The molecule has 1 aromatic heterocycles. The van der Waals surface area contributed by atoms with Crippen molar-refractivity contribution >= 4 is 0 Å². The second kappa shape index (κ2) is 13.2. The number of fused-ring (bicyclic) bond motifs is 12. The summed E-state index contributed by atoms with van der Waals surface area (Å²) in [6.45, 7) is 4.70. The highest BCUT2D eigenvalue weighted by atomic mass is 16.5. The van der Waals surface area contributed by atoms with Crippen molar-refractivity contribution < 1.29 is 4.74 Å². The highest BCUT2D eigenvalue weighted by Crippen LogP contribution is 2.63. The van der Waals surface area contributed by atoms with Gasteiger partial charge in [0.25, 0.3) is 0 Å². The van der Waals surface area contributed by atoms with Crippen LogP contribution in [0.25, 0.3) is 56.2 Å². The summed E-state index contributed by atoms with van der Waals surface area (Å²) in [6.07, 6.45) is 9.00. The molecule has 4 saturated carbocycles. The second-order valence-electron chi connectivity index (χ2n) is 20.5. The minimum atomic E-state index is -0.503. The number of para-hydroxylation sites is 2. The van der Waals surface area contributed by atoms with Gasteiger partial charge in [0.15, 0.2) is 11.6 Å². The average Bonchev–Trinajstić information content (AvgIpc) is 3.97. The molecule has 0 amide bonds. The van der Waals surface area contributed by atoms with Gasteiger partial charge < -0.3 is 4.74 Å². The molecular formula is C60H49N3O.